The van der Waals surface area contributed by atoms with Crippen LogP contribution in [0.3, 0.4) is 0 Å². The van der Waals surface area contributed by atoms with Crippen molar-refractivity contribution < 1.29 is 4.79 Å². The molecule has 7 nitrogen and oxygen atoms in total. The number of benzene rings is 1. The van der Waals surface area contributed by atoms with Gasteiger partial charge in [0.1, 0.15) is 0 Å². The average Bonchev–Trinajstić information content (AvgIpc) is 3.24. The Morgan fingerprint density at radius 2 is 1.67 bits per heavy atom. The zero-order chi connectivity index (χ0) is 20.5. The molecule has 0 bridgehead atoms. The summed E-state index contributed by atoms with van der Waals surface area (Å²) in [5, 5.41) is 4.52. The molecule has 4 heterocycles. The highest BCUT2D eigenvalue weighted by Crippen LogP contribution is 2.26. The summed E-state index contributed by atoms with van der Waals surface area (Å²) in [6.45, 7) is 1.63. The highest BCUT2D eigenvalue weighted by Gasteiger charge is 2.22. The van der Waals surface area contributed by atoms with Crippen molar-refractivity contribution in [3.05, 3.63) is 77.1 Å². The Kier molecular flexibility index (Phi) is 4.63. The fourth-order valence-corrected chi connectivity index (χ4v) is 4.00. The second-order valence-corrected chi connectivity index (χ2v) is 7.50. The van der Waals surface area contributed by atoms with Crippen LogP contribution in [0.25, 0.3) is 27.9 Å². The first-order valence-corrected chi connectivity index (χ1v) is 10.1. The highest BCUT2D eigenvalue weighted by molar-refractivity contribution is 6.01. The molecule has 1 aliphatic rings. The molecule has 0 atom stereocenters. The molecule has 1 aromatic carbocycles. The number of carbonyl (C=O) groups excluding carboxylic acids is 1. The van der Waals surface area contributed by atoms with Crippen LogP contribution in [0.15, 0.2) is 65.8 Å². The number of aromatic nitrogens is 4. The van der Waals surface area contributed by atoms with Crippen LogP contribution < -0.4 is 5.69 Å². The fourth-order valence-electron chi connectivity index (χ4n) is 4.00. The van der Waals surface area contributed by atoms with E-state index in [4.69, 9.17) is 0 Å². The Morgan fingerprint density at radius 3 is 2.40 bits per heavy atom. The van der Waals surface area contributed by atoms with Gasteiger partial charge in [0.25, 0.3) is 5.91 Å². The number of nitrogens with zero attached hydrogens (tertiary/aromatic N) is 4. The molecule has 0 saturated carbocycles. The minimum Gasteiger partial charge on any atom is -0.339 e. The first-order chi connectivity index (χ1) is 14.7. The van der Waals surface area contributed by atoms with Crippen molar-refractivity contribution in [2.24, 2.45) is 0 Å². The summed E-state index contributed by atoms with van der Waals surface area (Å²) in [6, 6.07) is 13.9. The lowest BCUT2D eigenvalue weighted by atomic mass is 10.0. The Morgan fingerprint density at radius 1 is 0.900 bits per heavy atom. The SMILES string of the molecule is O=C(c1cnn2c(-c3ccc(-c4cnc(=O)[nH]c4)cc3)cccc12)N1CCCCC1. The van der Waals surface area contributed by atoms with Gasteiger partial charge in [0.2, 0.25) is 0 Å². The van der Waals surface area contributed by atoms with Crippen LogP contribution in [0, 0.1) is 0 Å². The summed E-state index contributed by atoms with van der Waals surface area (Å²) in [4.78, 5) is 32.5. The average molecular weight is 399 g/mol. The molecule has 1 aliphatic heterocycles. The molecule has 7 heteroatoms. The lowest BCUT2D eigenvalue weighted by Gasteiger charge is -2.26. The number of H-pyrrole nitrogens is 1. The van der Waals surface area contributed by atoms with Gasteiger partial charge in [-0.3, -0.25) is 4.79 Å². The van der Waals surface area contributed by atoms with Crippen LogP contribution in [0.4, 0.5) is 0 Å². The van der Waals surface area contributed by atoms with Gasteiger partial charge in [0.15, 0.2) is 0 Å². The Hall–Kier alpha value is -3.74. The van der Waals surface area contributed by atoms with E-state index in [2.05, 4.69) is 15.1 Å². The van der Waals surface area contributed by atoms with Gasteiger partial charge in [0.05, 0.1) is 23.0 Å². The summed E-state index contributed by atoms with van der Waals surface area (Å²) in [5.74, 6) is 0.0581. The summed E-state index contributed by atoms with van der Waals surface area (Å²) in [6.07, 6.45) is 8.20. The molecule has 0 unspecified atom stereocenters. The molecule has 1 N–H and O–H groups in total. The van der Waals surface area contributed by atoms with E-state index in [-0.39, 0.29) is 11.6 Å². The van der Waals surface area contributed by atoms with Crippen molar-refractivity contribution in [1.29, 1.82) is 0 Å². The van der Waals surface area contributed by atoms with Crippen LogP contribution in [-0.4, -0.2) is 43.5 Å². The number of pyridine rings is 1. The second kappa shape index (κ2) is 7.59. The van der Waals surface area contributed by atoms with E-state index in [1.54, 1.807) is 18.6 Å². The van der Waals surface area contributed by atoms with Gasteiger partial charge in [-0.2, -0.15) is 5.10 Å². The summed E-state index contributed by atoms with van der Waals surface area (Å²) in [7, 11) is 0. The van der Waals surface area contributed by atoms with Crippen LogP contribution in [0.1, 0.15) is 29.6 Å². The second-order valence-electron chi connectivity index (χ2n) is 7.50. The molecular formula is C23H21N5O2. The van der Waals surface area contributed by atoms with Crippen molar-refractivity contribution in [1.82, 2.24) is 24.5 Å². The molecule has 1 fully saturated rings. The Labute approximate surface area is 173 Å². The predicted molar refractivity (Wildman–Crippen MR) is 114 cm³/mol. The summed E-state index contributed by atoms with van der Waals surface area (Å²) >= 11 is 0. The van der Waals surface area contributed by atoms with Crippen LogP contribution in [-0.2, 0) is 0 Å². The molecule has 0 radical (unpaired) electrons. The van der Waals surface area contributed by atoms with E-state index >= 15 is 0 Å². The quantitative estimate of drug-likeness (QED) is 0.572. The Balaban J connectivity index is 1.49. The Bertz CT molecular complexity index is 1250. The van der Waals surface area contributed by atoms with Crippen LogP contribution >= 0.6 is 0 Å². The zero-order valence-corrected chi connectivity index (χ0v) is 16.4. The summed E-state index contributed by atoms with van der Waals surface area (Å²) < 4.78 is 1.83. The number of nitrogens with one attached hydrogen (secondary N) is 1. The number of hydrogen-bond donors (Lipinski definition) is 1. The number of likely N-dealkylation sites (tertiary alicyclic amines) is 1. The maximum absolute atomic E-state index is 13.0. The minimum atomic E-state index is -0.365. The number of fused-ring (bicyclic) bond motifs is 1. The van der Waals surface area contributed by atoms with E-state index in [9.17, 15) is 9.59 Å². The third-order valence-electron chi connectivity index (χ3n) is 5.60. The maximum atomic E-state index is 13.0. The lowest BCUT2D eigenvalue weighted by Crippen LogP contribution is -2.35. The fraction of sp³-hybridized carbons (Fsp3) is 0.217. The van der Waals surface area contributed by atoms with Crippen LogP contribution in [0.5, 0.6) is 0 Å². The highest BCUT2D eigenvalue weighted by atomic mass is 16.2. The standard InChI is InChI=1S/C23H21N5O2/c29-22(27-11-2-1-3-12-27)19-15-26-28-20(5-4-6-21(19)28)17-9-7-16(8-10-17)18-13-24-23(30)25-14-18/h4-10,13-15H,1-3,11-12H2,(H,24,25,30). The molecule has 150 valence electrons. The van der Waals surface area contributed by atoms with Crippen LogP contribution in [0.2, 0.25) is 0 Å². The number of carbonyl (C=O) groups is 1. The first kappa shape index (κ1) is 18.3. The molecule has 30 heavy (non-hydrogen) atoms. The van der Waals surface area contributed by atoms with E-state index in [1.165, 1.54) is 6.42 Å². The largest absolute Gasteiger partial charge is 0.344 e. The van der Waals surface area contributed by atoms with Crippen molar-refractivity contribution in [3.63, 3.8) is 0 Å². The van der Waals surface area contributed by atoms with Gasteiger partial charge in [-0.15, -0.1) is 0 Å². The van der Waals surface area contributed by atoms with Gasteiger partial charge in [0, 0.05) is 36.6 Å². The van der Waals surface area contributed by atoms with Gasteiger partial charge in [-0.1, -0.05) is 30.3 Å². The van der Waals surface area contributed by atoms with Crippen molar-refractivity contribution >= 4 is 11.4 Å². The molecule has 0 aliphatic carbocycles. The minimum absolute atomic E-state index is 0.0581. The predicted octanol–water partition coefficient (Wildman–Crippen LogP) is 3.38. The molecule has 1 saturated heterocycles. The van der Waals surface area contributed by atoms with Gasteiger partial charge in [-0.05, 0) is 37.0 Å². The van der Waals surface area contributed by atoms with Crippen molar-refractivity contribution in [2.75, 3.05) is 13.1 Å². The molecule has 4 aromatic rings. The van der Waals surface area contributed by atoms with Crippen molar-refractivity contribution in [3.8, 4) is 22.4 Å². The van der Waals surface area contributed by atoms with Gasteiger partial charge in [-0.25, -0.2) is 14.3 Å². The number of rotatable bonds is 3. The van der Waals surface area contributed by atoms with E-state index in [0.29, 0.717) is 5.56 Å². The smallest absolute Gasteiger partial charge is 0.339 e. The molecule has 1 amide bonds. The van der Waals surface area contributed by atoms with Gasteiger partial charge >= 0.3 is 5.69 Å². The number of hydrogen-bond acceptors (Lipinski definition) is 4. The van der Waals surface area contributed by atoms with E-state index < -0.39 is 0 Å². The topological polar surface area (TPSA) is 83.4 Å². The molecule has 3 aromatic heterocycles. The number of aromatic amines is 1. The third kappa shape index (κ3) is 3.28. The summed E-state index contributed by atoms with van der Waals surface area (Å²) in [5.41, 5.74) is 4.80. The maximum Gasteiger partial charge on any atom is 0.344 e. The first-order valence-electron chi connectivity index (χ1n) is 10.1. The normalized spacial score (nSPS) is 14.2. The van der Waals surface area contributed by atoms with Crippen molar-refractivity contribution in [2.45, 2.75) is 19.3 Å². The molecule has 0 spiro atoms. The van der Waals surface area contributed by atoms with E-state index in [0.717, 1.165) is 53.8 Å². The van der Waals surface area contributed by atoms with E-state index in [1.807, 2.05) is 51.9 Å². The number of amides is 1. The van der Waals surface area contributed by atoms with Gasteiger partial charge < -0.3 is 9.88 Å². The molecular weight excluding hydrogens is 378 g/mol. The monoisotopic (exact) mass is 399 g/mol. The number of piperidine rings is 1. The lowest BCUT2D eigenvalue weighted by molar-refractivity contribution is 0.0726. The third-order valence-corrected chi connectivity index (χ3v) is 5.60. The molecule has 5 rings (SSSR count). The zero-order valence-electron chi connectivity index (χ0n) is 16.4.